The predicted molar refractivity (Wildman–Crippen MR) is 121 cm³/mol. The molecule has 0 saturated heterocycles. The molecule has 6 nitrogen and oxygen atoms in total. The molecule has 4 aromatic rings. The average molecular weight is 408 g/mol. The van der Waals surface area contributed by atoms with Gasteiger partial charge in [0.15, 0.2) is 5.76 Å². The van der Waals surface area contributed by atoms with E-state index in [0.29, 0.717) is 22.7 Å². The molecule has 0 bridgehead atoms. The van der Waals surface area contributed by atoms with Gasteiger partial charge in [0.25, 0.3) is 5.91 Å². The highest BCUT2D eigenvalue weighted by molar-refractivity contribution is 6.32. The Morgan fingerprint density at radius 3 is 2.19 bits per heavy atom. The number of carbonyl (C=O) groups is 1. The van der Waals surface area contributed by atoms with Crippen molar-refractivity contribution in [2.24, 2.45) is 5.10 Å². The Balaban J connectivity index is 1.60. The van der Waals surface area contributed by atoms with Crippen LogP contribution in [-0.2, 0) is 4.79 Å². The van der Waals surface area contributed by atoms with Crippen molar-refractivity contribution in [3.63, 3.8) is 0 Å². The number of amides is 1. The van der Waals surface area contributed by atoms with Crippen LogP contribution in [0, 0.1) is 6.92 Å². The van der Waals surface area contributed by atoms with Crippen LogP contribution in [0.3, 0.4) is 0 Å². The van der Waals surface area contributed by atoms with Crippen LogP contribution >= 0.6 is 0 Å². The molecule has 31 heavy (non-hydrogen) atoms. The van der Waals surface area contributed by atoms with Gasteiger partial charge in [0.05, 0.1) is 22.7 Å². The maximum atomic E-state index is 13.1. The summed E-state index contributed by atoms with van der Waals surface area (Å²) in [5.41, 5.74) is 4.29. The molecule has 5 rings (SSSR count). The summed E-state index contributed by atoms with van der Waals surface area (Å²) in [5, 5.41) is 10.6. The van der Waals surface area contributed by atoms with Gasteiger partial charge in [-0.25, -0.2) is 4.68 Å². The first-order chi connectivity index (χ1) is 15.1. The standard InChI is InChI=1S/C25H20N4O2/c1-17-13-14-23(31-17)24-19(16-28(27-24)20-9-5-3-6-10-20)15-22-18(2)26-29(25(22)30)21-11-7-4-8-12-21/h3-16H,1-2H3/b22-15-. The molecule has 0 saturated carbocycles. The van der Waals surface area contributed by atoms with Crippen molar-refractivity contribution in [3.8, 4) is 17.1 Å². The largest absolute Gasteiger partial charge is 0.460 e. The normalized spacial score (nSPS) is 15.0. The van der Waals surface area contributed by atoms with Crippen LogP contribution in [0.15, 0.2) is 94.1 Å². The minimum absolute atomic E-state index is 0.169. The molecule has 0 atom stereocenters. The molecule has 2 aromatic carbocycles. The number of aromatic nitrogens is 2. The summed E-state index contributed by atoms with van der Waals surface area (Å²) >= 11 is 0. The quantitative estimate of drug-likeness (QED) is 0.434. The molecule has 0 unspecified atom stereocenters. The van der Waals surface area contributed by atoms with E-state index in [4.69, 9.17) is 9.52 Å². The third-order valence-electron chi connectivity index (χ3n) is 5.10. The number of rotatable bonds is 4. The molecule has 0 radical (unpaired) electrons. The van der Waals surface area contributed by atoms with Gasteiger partial charge in [0.2, 0.25) is 0 Å². The highest BCUT2D eigenvalue weighted by Gasteiger charge is 2.29. The predicted octanol–water partition coefficient (Wildman–Crippen LogP) is 5.25. The van der Waals surface area contributed by atoms with E-state index in [1.165, 1.54) is 5.01 Å². The topological polar surface area (TPSA) is 63.6 Å². The van der Waals surface area contributed by atoms with Gasteiger partial charge in [-0.1, -0.05) is 36.4 Å². The number of para-hydroxylation sites is 2. The molecular formula is C25H20N4O2. The van der Waals surface area contributed by atoms with Gasteiger partial charge in [-0.15, -0.1) is 0 Å². The van der Waals surface area contributed by atoms with Crippen molar-refractivity contribution in [2.45, 2.75) is 13.8 Å². The van der Waals surface area contributed by atoms with E-state index in [0.717, 1.165) is 22.7 Å². The fourth-order valence-electron chi connectivity index (χ4n) is 3.54. The van der Waals surface area contributed by atoms with Gasteiger partial charge in [-0.3, -0.25) is 4.79 Å². The van der Waals surface area contributed by atoms with E-state index in [-0.39, 0.29) is 5.91 Å². The second kappa shape index (κ2) is 7.57. The second-order valence-corrected chi connectivity index (χ2v) is 7.32. The van der Waals surface area contributed by atoms with Crippen LogP contribution in [0.5, 0.6) is 0 Å². The van der Waals surface area contributed by atoms with Crippen LogP contribution in [0.25, 0.3) is 23.2 Å². The molecule has 1 aliphatic heterocycles. The molecule has 2 aromatic heterocycles. The number of nitrogens with zero attached hydrogens (tertiary/aromatic N) is 4. The minimum Gasteiger partial charge on any atom is -0.460 e. The Morgan fingerprint density at radius 1 is 0.871 bits per heavy atom. The summed E-state index contributed by atoms with van der Waals surface area (Å²) in [6.45, 7) is 3.73. The third kappa shape index (κ3) is 3.48. The van der Waals surface area contributed by atoms with E-state index in [9.17, 15) is 4.79 Å². The van der Waals surface area contributed by atoms with Crippen LogP contribution in [0.4, 0.5) is 5.69 Å². The summed E-state index contributed by atoms with van der Waals surface area (Å²) in [4.78, 5) is 13.1. The third-order valence-corrected chi connectivity index (χ3v) is 5.10. The summed E-state index contributed by atoms with van der Waals surface area (Å²) in [5.74, 6) is 1.28. The Hall–Kier alpha value is -4.19. The Kier molecular flexibility index (Phi) is 4.59. The van der Waals surface area contributed by atoms with Crippen LogP contribution in [0.1, 0.15) is 18.2 Å². The molecule has 3 heterocycles. The highest BCUT2D eigenvalue weighted by atomic mass is 16.3. The van der Waals surface area contributed by atoms with Crippen LogP contribution in [-0.4, -0.2) is 21.4 Å². The summed E-state index contributed by atoms with van der Waals surface area (Å²) in [7, 11) is 0. The molecule has 0 N–H and O–H groups in total. The molecule has 1 amide bonds. The smallest absolute Gasteiger partial charge is 0.280 e. The first kappa shape index (κ1) is 18.8. The van der Waals surface area contributed by atoms with Gasteiger partial charge in [-0.05, 0) is 56.3 Å². The average Bonchev–Trinajstić information content (AvgIpc) is 3.49. The maximum Gasteiger partial charge on any atom is 0.280 e. The SMILES string of the molecule is CC1=NN(c2ccccc2)C(=O)/C1=C\c1cn(-c2ccccc2)nc1-c1ccc(C)o1. The van der Waals surface area contributed by atoms with Gasteiger partial charge in [0, 0.05) is 11.8 Å². The van der Waals surface area contributed by atoms with E-state index >= 15 is 0 Å². The van der Waals surface area contributed by atoms with Crippen LogP contribution in [0.2, 0.25) is 0 Å². The molecule has 152 valence electrons. The summed E-state index contributed by atoms with van der Waals surface area (Å²) in [6, 6.07) is 23.0. The van der Waals surface area contributed by atoms with Crippen molar-refractivity contribution < 1.29 is 9.21 Å². The Bertz CT molecular complexity index is 1310. The fourth-order valence-corrected chi connectivity index (χ4v) is 3.54. The molecule has 1 aliphatic rings. The van der Waals surface area contributed by atoms with Crippen LogP contribution < -0.4 is 5.01 Å². The first-order valence-electron chi connectivity index (χ1n) is 9.99. The van der Waals surface area contributed by atoms with E-state index in [1.54, 1.807) is 4.68 Å². The van der Waals surface area contributed by atoms with Crippen molar-refractivity contribution in [3.05, 3.63) is 95.9 Å². The molecule has 6 heteroatoms. The number of furan rings is 1. The number of hydrogen-bond donors (Lipinski definition) is 0. The van der Waals surface area contributed by atoms with Gasteiger partial charge in [0.1, 0.15) is 11.5 Å². The van der Waals surface area contributed by atoms with Crippen molar-refractivity contribution >= 4 is 23.4 Å². The Labute approximate surface area is 179 Å². The number of benzene rings is 2. The number of anilines is 1. The lowest BCUT2D eigenvalue weighted by Gasteiger charge is -2.10. The number of hydrogen-bond acceptors (Lipinski definition) is 4. The lowest BCUT2D eigenvalue weighted by atomic mass is 10.1. The highest BCUT2D eigenvalue weighted by Crippen LogP contribution is 2.30. The zero-order valence-corrected chi connectivity index (χ0v) is 17.2. The number of hydrazone groups is 1. The van der Waals surface area contributed by atoms with Crippen molar-refractivity contribution in [2.75, 3.05) is 5.01 Å². The van der Waals surface area contributed by atoms with E-state index < -0.39 is 0 Å². The van der Waals surface area contributed by atoms with Crippen molar-refractivity contribution in [1.29, 1.82) is 0 Å². The molecule has 0 spiro atoms. The Morgan fingerprint density at radius 2 is 1.55 bits per heavy atom. The summed E-state index contributed by atoms with van der Waals surface area (Å²) in [6.07, 6.45) is 3.74. The second-order valence-electron chi connectivity index (χ2n) is 7.32. The van der Waals surface area contributed by atoms with E-state index in [1.807, 2.05) is 98.9 Å². The van der Waals surface area contributed by atoms with Gasteiger partial charge in [-0.2, -0.15) is 15.2 Å². The van der Waals surface area contributed by atoms with Gasteiger partial charge >= 0.3 is 0 Å². The molecule has 0 aliphatic carbocycles. The number of carbonyl (C=O) groups excluding carboxylic acids is 1. The maximum absolute atomic E-state index is 13.1. The number of aryl methyl sites for hydroxylation is 1. The first-order valence-corrected chi connectivity index (χ1v) is 9.99. The fraction of sp³-hybridized carbons (Fsp3) is 0.0800. The lowest BCUT2D eigenvalue weighted by molar-refractivity contribution is -0.114. The molecule has 0 fully saturated rings. The monoisotopic (exact) mass is 408 g/mol. The van der Waals surface area contributed by atoms with Crippen molar-refractivity contribution in [1.82, 2.24) is 9.78 Å². The zero-order valence-electron chi connectivity index (χ0n) is 17.2. The lowest BCUT2D eigenvalue weighted by Crippen LogP contribution is -2.21. The van der Waals surface area contributed by atoms with E-state index in [2.05, 4.69) is 5.10 Å². The summed E-state index contributed by atoms with van der Waals surface area (Å²) < 4.78 is 7.63. The minimum atomic E-state index is -0.169. The zero-order chi connectivity index (χ0) is 21.4. The van der Waals surface area contributed by atoms with Gasteiger partial charge < -0.3 is 4.42 Å². The molecular weight excluding hydrogens is 388 g/mol.